The molecule has 0 radical (unpaired) electrons. The highest BCUT2D eigenvalue weighted by Gasteiger charge is 2.43. The van der Waals surface area contributed by atoms with Crippen LogP contribution < -0.4 is 0 Å². The van der Waals surface area contributed by atoms with E-state index in [2.05, 4.69) is 25.1 Å². The van der Waals surface area contributed by atoms with E-state index >= 15 is 0 Å². The van der Waals surface area contributed by atoms with Crippen LogP contribution in [-0.4, -0.2) is 0 Å². The smallest absolute Gasteiger partial charge is 0.110 e. The lowest BCUT2D eigenvalue weighted by Gasteiger charge is -2.46. The molecule has 2 aliphatic carbocycles. The zero-order chi connectivity index (χ0) is 21.5. The molecule has 2 aliphatic rings. The third-order valence-corrected chi connectivity index (χ3v) is 10.8. The van der Waals surface area contributed by atoms with Crippen LogP contribution in [0.25, 0.3) is 9.40 Å². The first kappa shape index (κ1) is 23.3. The Morgan fingerprint density at radius 3 is 2.23 bits per heavy atom. The lowest BCUT2D eigenvalue weighted by atomic mass is 9.60. The van der Waals surface area contributed by atoms with Gasteiger partial charge in [0.05, 0.1) is 0 Å². The van der Waals surface area contributed by atoms with Gasteiger partial charge in [0.15, 0.2) is 0 Å². The fraction of sp³-hybridized carbons (Fsp3) is 0.750. The Hall–Kier alpha value is -0.850. The van der Waals surface area contributed by atoms with E-state index in [-0.39, 0.29) is 0 Å². The molecule has 0 spiro atoms. The average Bonchev–Trinajstić information content (AvgIpc) is 3.39. The molecule has 2 heterocycles. The second-order valence-electron chi connectivity index (χ2n) is 10.4. The lowest BCUT2D eigenvalue weighted by Crippen LogP contribution is -2.38. The van der Waals surface area contributed by atoms with Crippen molar-refractivity contribution in [2.75, 3.05) is 0 Å². The summed E-state index contributed by atoms with van der Waals surface area (Å²) in [5.74, 6) is 1.89. The highest BCUT2D eigenvalue weighted by Crippen LogP contribution is 2.54. The normalized spacial score (nSPS) is 23.7. The van der Waals surface area contributed by atoms with E-state index in [1.54, 1.807) is 16.2 Å². The Morgan fingerprint density at radius 2 is 1.55 bits per heavy atom. The van der Waals surface area contributed by atoms with Gasteiger partial charge in [0.25, 0.3) is 0 Å². The molecule has 31 heavy (non-hydrogen) atoms. The number of hydrogen-bond acceptors (Lipinski definition) is 3. The van der Waals surface area contributed by atoms with Gasteiger partial charge in [0.1, 0.15) is 10.9 Å². The van der Waals surface area contributed by atoms with Crippen molar-refractivity contribution in [2.45, 2.75) is 121 Å². The number of hydrogen-bond donors (Lipinski definition) is 0. The second-order valence-corrected chi connectivity index (χ2v) is 12.6. The number of nitriles is 1. The molecule has 4 rings (SSSR count). The molecule has 2 aromatic rings. The van der Waals surface area contributed by atoms with Gasteiger partial charge >= 0.3 is 0 Å². The van der Waals surface area contributed by atoms with E-state index in [0.29, 0.717) is 5.41 Å². The van der Waals surface area contributed by atoms with Crippen molar-refractivity contribution in [3.63, 3.8) is 0 Å². The van der Waals surface area contributed by atoms with Crippen molar-refractivity contribution in [2.24, 2.45) is 11.8 Å². The molecule has 1 nitrogen and oxygen atoms in total. The SMILES string of the molecule is CCCCCCCCCC1CCC(C2(c3cc4sc(C#N)cc4s3)CCCCC2)CC1. The molecule has 0 unspecified atom stereocenters. The van der Waals surface area contributed by atoms with Crippen LogP contribution >= 0.6 is 22.7 Å². The maximum atomic E-state index is 9.25. The second kappa shape index (κ2) is 11.3. The minimum Gasteiger partial charge on any atom is -0.192 e. The van der Waals surface area contributed by atoms with Crippen molar-refractivity contribution in [1.29, 1.82) is 5.26 Å². The standard InChI is InChI=1S/C28H41NS2/c1-2-3-4-5-6-7-9-12-22-13-15-23(16-14-22)28(17-10-8-11-18-28)27-20-26-25(31-27)19-24(21-29)30-26/h19-20,22-23H,2-18H2,1H3. The Bertz CT molecular complexity index is 809. The van der Waals surface area contributed by atoms with Gasteiger partial charge < -0.3 is 0 Å². The predicted octanol–water partition coefficient (Wildman–Crippen LogP) is 9.98. The van der Waals surface area contributed by atoms with Crippen LogP contribution in [-0.2, 0) is 5.41 Å². The quantitative estimate of drug-likeness (QED) is 0.327. The van der Waals surface area contributed by atoms with Crippen LogP contribution in [0.5, 0.6) is 0 Å². The Labute approximate surface area is 198 Å². The molecular weight excluding hydrogens is 414 g/mol. The van der Waals surface area contributed by atoms with Gasteiger partial charge in [0.2, 0.25) is 0 Å². The summed E-state index contributed by atoms with van der Waals surface area (Å²) in [6, 6.07) is 6.95. The Kier molecular flexibility index (Phi) is 8.52. The molecule has 2 saturated carbocycles. The van der Waals surface area contributed by atoms with E-state index in [0.717, 1.165) is 16.7 Å². The van der Waals surface area contributed by atoms with E-state index in [1.807, 2.05) is 11.3 Å². The van der Waals surface area contributed by atoms with E-state index in [4.69, 9.17) is 0 Å². The van der Waals surface area contributed by atoms with Crippen molar-refractivity contribution < 1.29 is 0 Å². The maximum absolute atomic E-state index is 9.25. The number of unbranched alkanes of at least 4 members (excludes halogenated alkanes) is 6. The minimum absolute atomic E-state index is 0.443. The summed E-state index contributed by atoms with van der Waals surface area (Å²) in [5.41, 5.74) is 0.443. The van der Waals surface area contributed by atoms with E-state index < -0.39 is 0 Å². The molecule has 0 atom stereocenters. The summed E-state index contributed by atoms with van der Waals surface area (Å²) in [5, 5.41) is 9.25. The fourth-order valence-electron chi connectivity index (χ4n) is 6.57. The average molecular weight is 456 g/mol. The monoisotopic (exact) mass is 455 g/mol. The zero-order valence-electron chi connectivity index (χ0n) is 19.6. The Balaban J connectivity index is 1.33. The van der Waals surface area contributed by atoms with Gasteiger partial charge in [-0.15, -0.1) is 22.7 Å². The third-order valence-electron chi connectivity index (χ3n) is 8.40. The zero-order valence-corrected chi connectivity index (χ0v) is 21.2. The Morgan fingerprint density at radius 1 is 0.871 bits per heavy atom. The molecular formula is C28H41NS2. The van der Waals surface area contributed by atoms with Crippen LogP contribution in [0.15, 0.2) is 12.1 Å². The van der Waals surface area contributed by atoms with Gasteiger partial charge in [0, 0.05) is 19.7 Å². The van der Waals surface area contributed by atoms with Crippen LogP contribution in [0.1, 0.15) is 126 Å². The van der Waals surface area contributed by atoms with Crippen LogP contribution in [0.2, 0.25) is 0 Å². The van der Waals surface area contributed by atoms with Crippen molar-refractivity contribution >= 4 is 32.1 Å². The molecule has 0 saturated heterocycles. The molecule has 0 N–H and O–H groups in total. The van der Waals surface area contributed by atoms with Gasteiger partial charge in [-0.3, -0.25) is 0 Å². The van der Waals surface area contributed by atoms with Crippen LogP contribution in [0, 0.1) is 23.2 Å². The van der Waals surface area contributed by atoms with Crippen LogP contribution in [0.3, 0.4) is 0 Å². The van der Waals surface area contributed by atoms with Gasteiger partial charge in [-0.1, -0.05) is 90.4 Å². The number of nitrogens with zero attached hydrogens (tertiary/aromatic N) is 1. The first-order valence-corrected chi connectivity index (χ1v) is 14.8. The topological polar surface area (TPSA) is 23.8 Å². The summed E-state index contributed by atoms with van der Waals surface area (Å²) < 4.78 is 2.71. The predicted molar refractivity (Wildman–Crippen MR) is 137 cm³/mol. The summed E-state index contributed by atoms with van der Waals surface area (Å²) in [6.07, 6.45) is 24.5. The fourth-order valence-corrected chi connectivity index (χ4v) is 9.09. The molecule has 0 bridgehead atoms. The first-order valence-electron chi connectivity index (χ1n) is 13.2. The number of rotatable bonds is 10. The van der Waals surface area contributed by atoms with Gasteiger partial charge in [-0.25, -0.2) is 0 Å². The number of fused-ring (bicyclic) bond motifs is 1. The highest BCUT2D eigenvalue weighted by atomic mass is 32.1. The van der Waals surface area contributed by atoms with Crippen molar-refractivity contribution in [3.05, 3.63) is 21.9 Å². The van der Waals surface area contributed by atoms with Crippen LogP contribution in [0.4, 0.5) is 0 Å². The summed E-state index contributed by atoms with van der Waals surface area (Å²) in [6.45, 7) is 2.31. The highest BCUT2D eigenvalue weighted by molar-refractivity contribution is 7.28. The van der Waals surface area contributed by atoms with Crippen molar-refractivity contribution in [1.82, 2.24) is 0 Å². The largest absolute Gasteiger partial charge is 0.192 e. The number of thiophene rings is 2. The molecule has 0 aromatic carbocycles. The maximum Gasteiger partial charge on any atom is 0.110 e. The molecule has 0 aliphatic heterocycles. The molecule has 2 aromatic heterocycles. The summed E-state index contributed by atoms with van der Waals surface area (Å²) in [7, 11) is 0. The third kappa shape index (κ3) is 5.56. The summed E-state index contributed by atoms with van der Waals surface area (Å²) in [4.78, 5) is 2.53. The molecule has 170 valence electrons. The summed E-state index contributed by atoms with van der Waals surface area (Å²) >= 11 is 3.71. The molecule has 2 fully saturated rings. The van der Waals surface area contributed by atoms with E-state index in [1.165, 1.54) is 119 Å². The minimum atomic E-state index is 0.443. The molecule has 3 heteroatoms. The molecule has 0 amide bonds. The van der Waals surface area contributed by atoms with Crippen molar-refractivity contribution in [3.8, 4) is 6.07 Å². The van der Waals surface area contributed by atoms with E-state index in [9.17, 15) is 5.26 Å². The van der Waals surface area contributed by atoms with Gasteiger partial charge in [-0.05, 0) is 49.7 Å². The van der Waals surface area contributed by atoms with Gasteiger partial charge in [-0.2, -0.15) is 5.26 Å². The lowest BCUT2D eigenvalue weighted by molar-refractivity contribution is 0.127. The first-order chi connectivity index (χ1) is 15.2.